The summed E-state index contributed by atoms with van der Waals surface area (Å²) in [6.45, 7) is 2.57. The van der Waals surface area contributed by atoms with Crippen molar-refractivity contribution in [2.24, 2.45) is 10.2 Å². The topological polar surface area (TPSA) is 80.1 Å². The third-order valence-electron chi connectivity index (χ3n) is 4.41. The lowest BCUT2D eigenvalue weighted by Crippen LogP contribution is -2.16. The molecule has 0 fully saturated rings. The van der Waals surface area contributed by atoms with Gasteiger partial charge in [-0.25, -0.2) is 4.79 Å². The molecule has 0 aliphatic rings. The van der Waals surface area contributed by atoms with E-state index < -0.39 is 5.63 Å². The van der Waals surface area contributed by atoms with Crippen LogP contribution in [0.1, 0.15) is 12.5 Å². The SMILES string of the molecule is CCn1c(-c2cc3cc(Br)ccc3oc2=O)cs/c1=N\N=C\c1cc(Br)ccc1O. The van der Waals surface area contributed by atoms with E-state index in [1.807, 2.05) is 35.1 Å². The molecule has 6 nitrogen and oxygen atoms in total. The Bertz CT molecular complexity index is 1400. The first-order chi connectivity index (χ1) is 14.5. The first-order valence-electron chi connectivity index (χ1n) is 8.94. The van der Waals surface area contributed by atoms with Crippen LogP contribution in [-0.4, -0.2) is 15.9 Å². The predicted molar refractivity (Wildman–Crippen MR) is 126 cm³/mol. The second-order valence-corrected chi connectivity index (χ2v) is 8.99. The van der Waals surface area contributed by atoms with Crippen LogP contribution in [-0.2, 0) is 6.54 Å². The van der Waals surface area contributed by atoms with Crippen LogP contribution in [0.5, 0.6) is 5.75 Å². The molecule has 4 rings (SSSR count). The van der Waals surface area contributed by atoms with E-state index in [2.05, 4.69) is 42.1 Å². The summed E-state index contributed by atoms with van der Waals surface area (Å²) in [5.41, 5.74) is 1.87. The number of phenolic OH excluding ortho intramolecular Hbond substituents is 1. The Kier molecular flexibility index (Phi) is 6.03. The Hall–Kier alpha value is -2.49. The summed E-state index contributed by atoms with van der Waals surface area (Å²) in [5.74, 6) is 0.118. The summed E-state index contributed by atoms with van der Waals surface area (Å²) in [6.07, 6.45) is 1.49. The van der Waals surface area contributed by atoms with Gasteiger partial charge in [0.1, 0.15) is 11.3 Å². The monoisotopic (exact) mass is 547 g/mol. The van der Waals surface area contributed by atoms with Crippen LogP contribution >= 0.6 is 43.2 Å². The van der Waals surface area contributed by atoms with Crippen LogP contribution in [0.4, 0.5) is 0 Å². The lowest BCUT2D eigenvalue weighted by molar-refractivity contribution is 0.474. The Balaban J connectivity index is 1.77. The maximum Gasteiger partial charge on any atom is 0.345 e. The molecule has 4 aromatic rings. The summed E-state index contributed by atoms with van der Waals surface area (Å²) < 4.78 is 9.14. The molecule has 0 spiro atoms. The van der Waals surface area contributed by atoms with E-state index in [-0.39, 0.29) is 5.75 Å². The van der Waals surface area contributed by atoms with Crippen molar-refractivity contribution in [3.8, 4) is 17.0 Å². The Labute approximate surface area is 192 Å². The molecule has 9 heteroatoms. The van der Waals surface area contributed by atoms with Gasteiger partial charge in [0.25, 0.3) is 0 Å². The number of rotatable bonds is 4. The molecule has 0 saturated carbocycles. The number of hydrogen-bond acceptors (Lipinski definition) is 6. The van der Waals surface area contributed by atoms with Crippen molar-refractivity contribution >= 4 is 60.4 Å². The summed E-state index contributed by atoms with van der Waals surface area (Å²) in [7, 11) is 0. The molecule has 152 valence electrons. The van der Waals surface area contributed by atoms with Gasteiger partial charge >= 0.3 is 5.63 Å². The van der Waals surface area contributed by atoms with Crippen molar-refractivity contribution < 1.29 is 9.52 Å². The van der Waals surface area contributed by atoms with Crippen molar-refractivity contribution in [2.45, 2.75) is 13.5 Å². The van der Waals surface area contributed by atoms with Gasteiger partial charge < -0.3 is 14.1 Å². The summed E-state index contributed by atoms with van der Waals surface area (Å²) in [4.78, 5) is 13.2. The molecule has 0 unspecified atom stereocenters. The summed E-state index contributed by atoms with van der Waals surface area (Å²) in [6, 6.07) is 12.4. The van der Waals surface area contributed by atoms with Gasteiger partial charge in [-0.1, -0.05) is 31.9 Å². The molecule has 2 aromatic carbocycles. The van der Waals surface area contributed by atoms with Gasteiger partial charge in [0.05, 0.1) is 17.5 Å². The predicted octanol–water partition coefficient (Wildman–Crippen LogP) is 5.51. The quantitative estimate of drug-likeness (QED) is 0.207. The van der Waals surface area contributed by atoms with Gasteiger partial charge in [0, 0.05) is 31.8 Å². The fraction of sp³-hybridized carbons (Fsp3) is 0.0952. The van der Waals surface area contributed by atoms with Crippen molar-refractivity contribution in [1.29, 1.82) is 0 Å². The first-order valence-corrected chi connectivity index (χ1v) is 11.4. The number of aromatic nitrogens is 1. The molecule has 0 aliphatic heterocycles. The van der Waals surface area contributed by atoms with E-state index in [4.69, 9.17) is 4.42 Å². The number of halogens is 2. The van der Waals surface area contributed by atoms with Gasteiger partial charge in [-0.2, -0.15) is 5.10 Å². The zero-order valence-corrected chi connectivity index (χ0v) is 19.7. The molecule has 1 N–H and O–H groups in total. The number of hydrogen-bond donors (Lipinski definition) is 1. The lowest BCUT2D eigenvalue weighted by Gasteiger charge is -2.06. The second-order valence-electron chi connectivity index (χ2n) is 6.33. The second kappa shape index (κ2) is 8.71. The molecule has 0 aliphatic carbocycles. The van der Waals surface area contributed by atoms with E-state index >= 15 is 0 Å². The van der Waals surface area contributed by atoms with Crippen LogP contribution in [0.2, 0.25) is 0 Å². The number of thiazole rings is 1. The van der Waals surface area contributed by atoms with Crippen LogP contribution < -0.4 is 10.4 Å². The maximum atomic E-state index is 12.6. The van der Waals surface area contributed by atoms with E-state index in [1.54, 1.807) is 24.3 Å². The highest BCUT2D eigenvalue weighted by Crippen LogP contribution is 2.24. The maximum absolute atomic E-state index is 12.6. The molecule has 30 heavy (non-hydrogen) atoms. The number of aromatic hydroxyl groups is 1. The molecule has 0 radical (unpaired) electrons. The Morgan fingerprint density at radius 2 is 1.93 bits per heavy atom. The van der Waals surface area contributed by atoms with E-state index in [1.165, 1.54) is 17.6 Å². The fourth-order valence-electron chi connectivity index (χ4n) is 2.97. The Morgan fingerprint density at radius 1 is 1.17 bits per heavy atom. The summed E-state index contributed by atoms with van der Waals surface area (Å²) in [5, 5.41) is 21.0. The summed E-state index contributed by atoms with van der Waals surface area (Å²) >= 11 is 8.19. The lowest BCUT2D eigenvalue weighted by atomic mass is 10.1. The van der Waals surface area contributed by atoms with Crippen molar-refractivity contribution in [3.63, 3.8) is 0 Å². The highest BCUT2D eigenvalue weighted by atomic mass is 79.9. The number of benzene rings is 2. The molecule has 2 aromatic heterocycles. The number of nitrogens with zero attached hydrogens (tertiary/aromatic N) is 3. The smallest absolute Gasteiger partial charge is 0.345 e. The van der Waals surface area contributed by atoms with Crippen molar-refractivity contribution in [1.82, 2.24) is 4.57 Å². The van der Waals surface area contributed by atoms with Crippen molar-refractivity contribution in [2.75, 3.05) is 0 Å². The largest absolute Gasteiger partial charge is 0.507 e. The fourth-order valence-corrected chi connectivity index (χ4v) is 4.65. The Morgan fingerprint density at radius 3 is 2.73 bits per heavy atom. The average molecular weight is 549 g/mol. The van der Waals surface area contributed by atoms with Crippen LogP contribution in [0, 0.1) is 0 Å². The molecular formula is C21H15Br2N3O3S. The van der Waals surface area contributed by atoms with Gasteiger partial charge in [0.2, 0.25) is 4.80 Å². The molecule has 2 heterocycles. The first kappa shape index (κ1) is 20.8. The highest BCUT2D eigenvalue weighted by Gasteiger charge is 2.13. The minimum Gasteiger partial charge on any atom is -0.507 e. The molecular weight excluding hydrogens is 534 g/mol. The minimum absolute atomic E-state index is 0.118. The van der Waals surface area contributed by atoms with Crippen LogP contribution in [0.3, 0.4) is 0 Å². The normalized spacial score (nSPS) is 12.3. The molecule has 0 amide bonds. The van der Waals surface area contributed by atoms with Crippen LogP contribution in [0.25, 0.3) is 22.2 Å². The van der Waals surface area contributed by atoms with Gasteiger partial charge in [0.15, 0.2) is 0 Å². The minimum atomic E-state index is -0.404. The third kappa shape index (κ3) is 4.19. The van der Waals surface area contributed by atoms with Gasteiger partial charge in [-0.05, 0) is 49.4 Å². The highest BCUT2D eigenvalue weighted by molar-refractivity contribution is 9.10. The molecule has 0 saturated heterocycles. The standard InChI is InChI=1S/C21H15Br2N3O3S/c1-2-26-17(16-9-12-7-15(23)4-6-19(12)29-20(16)28)11-30-21(26)25-24-10-13-8-14(22)3-5-18(13)27/h3-11,27H,2H2,1H3/b24-10+,25-21-. The van der Waals surface area contributed by atoms with Gasteiger partial charge in [-0.15, -0.1) is 16.4 Å². The zero-order valence-electron chi connectivity index (χ0n) is 15.7. The third-order valence-corrected chi connectivity index (χ3v) is 6.25. The zero-order chi connectivity index (χ0) is 21.3. The van der Waals surface area contributed by atoms with Crippen LogP contribution in [0.15, 0.2) is 76.2 Å². The van der Waals surface area contributed by atoms with E-state index in [9.17, 15) is 9.90 Å². The molecule has 0 atom stereocenters. The van der Waals surface area contributed by atoms with E-state index in [0.29, 0.717) is 28.1 Å². The average Bonchev–Trinajstić information content (AvgIpc) is 3.13. The van der Waals surface area contributed by atoms with Gasteiger partial charge in [-0.3, -0.25) is 0 Å². The van der Waals surface area contributed by atoms with Crippen molar-refractivity contribution in [3.05, 3.63) is 77.6 Å². The number of phenols is 1. The molecule has 0 bridgehead atoms. The van der Waals surface area contributed by atoms with E-state index in [0.717, 1.165) is 20.0 Å². The number of fused-ring (bicyclic) bond motifs is 1.